The Bertz CT molecular complexity index is 1380. The van der Waals surface area contributed by atoms with Gasteiger partial charge in [-0.3, -0.25) is 0 Å². The number of nitrogens with zero attached hydrogens (tertiary/aromatic N) is 7. The topological polar surface area (TPSA) is 126 Å². The zero-order valence-corrected chi connectivity index (χ0v) is 16.9. The van der Waals surface area contributed by atoms with E-state index in [1.807, 2.05) is 35.7 Å². The van der Waals surface area contributed by atoms with Gasteiger partial charge in [0.05, 0.1) is 18.7 Å². The second-order valence-electron chi connectivity index (χ2n) is 6.70. The molecule has 5 aromatic rings. The predicted octanol–water partition coefficient (Wildman–Crippen LogP) is 2.12. The number of fused-ring (bicyclic) bond motifs is 3. The van der Waals surface area contributed by atoms with Crippen molar-refractivity contribution in [2.75, 3.05) is 12.8 Å². The highest BCUT2D eigenvalue weighted by molar-refractivity contribution is 7.13. The molecule has 0 aliphatic carbocycles. The lowest BCUT2D eigenvalue weighted by atomic mass is 9.92. The summed E-state index contributed by atoms with van der Waals surface area (Å²) in [6.45, 7) is 1.73. The number of ether oxygens (including phenoxy) is 1. The van der Waals surface area contributed by atoms with Crippen LogP contribution < -0.4 is 5.73 Å². The fourth-order valence-corrected chi connectivity index (χ4v) is 4.01. The smallest absolute Gasteiger partial charge is 0.338 e. The number of nitrogen functional groups attached to an aromatic ring is 1. The number of rotatable bonds is 4. The zero-order chi connectivity index (χ0) is 20.9. The normalized spacial score (nSPS) is 13.5. The van der Waals surface area contributed by atoms with E-state index in [9.17, 15) is 4.79 Å². The summed E-state index contributed by atoms with van der Waals surface area (Å²) in [5.74, 6) is 0.0799. The molecule has 2 N–H and O–H groups in total. The molecule has 11 heteroatoms. The van der Waals surface area contributed by atoms with Gasteiger partial charge in [-0.05, 0) is 12.5 Å². The van der Waals surface area contributed by atoms with Crippen molar-refractivity contribution in [3.63, 3.8) is 0 Å². The number of nitrogens with two attached hydrogens (primary N) is 1. The number of hydrogen-bond donors (Lipinski definition) is 1. The fourth-order valence-electron chi connectivity index (χ4n) is 3.45. The molecule has 0 radical (unpaired) electrons. The summed E-state index contributed by atoms with van der Waals surface area (Å²) in [7, 11) is 1.34. The Kier molecular flexibility index (Phi) is 4.00. The number of methoxy groups -OCH3 is 1. The molecular weight excluding hydrogens is 404 g/mol. The van der Waals surface area contributed by atoms with E-state index in [1.54, 1.807) is 19.3 Å². The molecule has 1 atom stereocenters. The average molecular weight is 420 g/mol. The fraction of sp³-hybridized carbons (Fsp3) is 0.158. The first-order valence-electron chi connectivity index (χ1n) is 8.98. The van der Waals surface area contributed by atoms with Gasteiger partial charge in [0, 0.05) is 11.6 Å². The van der Waals surface area contributed by atoms with Crippen LogP contribution >= 0.6 is 11.3 Å². The van der Waals surface area contributed by atoms with Crippen LogP contribution in [0.5, 0.6) is 0 Å². The second kappa shape index (κ2) is 6.59. The minimum Gasteiger partial charge on any atom is -0.467 e. The second-order valence-corrected chi connectivity index (χ2v) is 7.60. The number of aromatic nitrogens is 7. The summed E-state index contributed by atoms with van der Waals surface area (Å²) in [4.78, 5) is 26.2. The van der Waals surface area contributed by atoms with E-state index in [-0.39, 0.29) is 5.95 Å². The van der Waals surface area contributed by atoms with Gasteiger partial charge in [-0.15, -0.1) is 16.4 Å². The summed E-state index contributed by atoms with van der Waals surface area (Å²) in [6, 6.07) is 9.24. The van der Waals surface area contributed by atoms with Crippen molar-refractivity contribution in [3.05, 3.63) is 53.7 Å². The number of esters is 1. The van der Waals surface area contributed by atoms with Gasteiger partial charge in [-0.25, -0.2) is 19.4 Å². The van der Waals surface area contributed by atoms with Gasteiger partial charge in [0.2, 0.25) is 11.8 Å². The van der Waals surface area contributed by atoms with Gasteiger partial charge in [-0.2, -0.15) is 14.6 Å². The summed E-state index contributed by atoms with van der Waals surface area (Å²) < 4.78 is 8.07. The van der Waals surface area contributed by atoms with Gasteiger partial charge in [0.15, 0.2) is 21.8 Å². The van der Waals surface area contributed by atoms with E-state index in [2.05, 4.69) is 25.1 Å². The van der Waals surface area contributed by atoms with E-state index in [0.29, 0.717) is 33.1 Å². The minimum absolute atomic E-state index is 0.120. The van der Waals surface area contributed by atoms with E-state index < -0.39 is 11.5 Å². The Morgan fingerprint density at radius 1 is 1.20 bits per heavy atom. The molecule has 0 saturated heterocycles. The molecule has 0 fully saturated rings. The third kappa shape index (κ3) is 2.48. The van der Waals surface area contributed by atoms with Gasteiger partial charge in [-0.1, -0.05) is 30.3 Å². The number of anilines is 1. The standard InChI is InChI=1S/C19H16N8O2S/c1-19(17(28)29-2,11-6-4-3-5-7-11)27-15-12(10-22-27)14-23-13(16-21-8-9-30-16)25-26(14)18(20)24-15/h3-10H,1-2H3,(H2,20,24). The van der Waals surface area contributed by atoms with Crippen LogP contribution in [0.15, 0.2) is 48.1 Å². The highest BCUT2D eigenvalue weighted by Crippen LogP contribution is 2.32. The maximum absolute atomic E-state index is 12.9. The minimum atomic E-state index is -1.26. The summed E-state index contributed by atoms with van der Waals surface area (Å²) >= 11 is 1.42. The number of benzene rings is 1. The molecule has 4 heterocycles. The van der Waals surface area contributed by atoms with Crippen LogP contribution in [-0.2, 0) is 15.1 Å². The van der Waals surface area contributed by atoms with Crippen molar-refractivity contribution < 1.29 is 9.53 Å². The van der Waals surface area contributed by atoms with Gasteiger partial charge in [0.25, 0.3) is 0 Å². The third-order valence-electron chi connectivity index (χ3n) is 5.00. The van der Waals surface area contributed by atoms with E-state index in [1.165, 1.54) is 27.6 Å². The summed E-state index contributed by atoms with van der Waals surface area (Å²) in [6.07, 6.45) is 3.28. The Morgan fingerprint density at radius 3 is 2.70 bits per heavy atom. The number of carbonyl (C=O) groups is 1. The molecule has 0 amide bonds. The molecular formula is C19H16N8O2S. The maximum atomic E-state index is 12.9. The molecule has 5 rings (SSSR count). The molecule has 0 spiro atoms. The molecule has 30 heavy (non-hydrogen) atoms. The van der Waals surface area contributed by atoms with Crippen molar-refractivity contribution in [3.8, 4) is 10.8 Å². The molecule has 4 aromatic heterocycles. The van der Waals surface area contributed by atoms with Crippen LogP contribution in [0.1, 0.15) is 12.5 Å². The maximum Gasteiger partial charge on any atom is 0.338 e. The Morgan fingerprint density at radius 2 is 2.00 bits per heavy atom. The van der Waals surface area contributed by atoms with E-state index >= 15 is 0 Å². The van der Waals surface area contributed by atoms with Gasteiger partial charge >= 0.3 is 5.97 Å². The first-order chi connectivity index (χ1) is 14.5. The first-order valence-corrected chi connectivity index (χ1v) is 9.86. The SMILES string of the molecule is COC(=O)C(C)(c1ccccc1)n1ncc2c1nc(N)n1nc(-c3nccs3)nc21. The van der Waals surface area contributed by atoms with Crippen LogP contribution in [-0.4, -0.2) is 47.4 Å². The first kappa shape index (κ1) is 18.2. The van der Waals surface area contributed by atoms with Crippen LogP contribution in [0.25, 0.3) is 27.5 Å². The Balaban J connectivity index is 1.79. The van der Waals surface area contributed by atoms with Crippen molar-refractivity contribution in [2.24, 2.45) is 0 Å². The highest BCUT2D eigenvalue weighted by Gasteiger charge is 2.41. The van der Waals surface area contributed by atoms with Crippen LogP contribution in [0.4, 0.5) is 5.95 Å². The van der Waals surface area contributed by atoms with Crippen molar-refractivity contribution in [1.29, 1.82) is 0 Å². The molecule has 1 unspecified atom stereocenters. The summed E-state index contributed by atoms with van der Waals surface area (Å²) in [5.41, 5.74) is 6.51. The van der Waals surface area contributed by atoms with Gasteiger partial charge < -0.3 is 10.5 Å². The van der Waals surface area contributed by atoms with Crippen LogP contribution in [0.2, 0.25) is 0 Å². The lowest BCUT2D eigenvalue weighted by Gasteiger charge is -2.28. The molecule has 10 nitrogen and oxygen atoms in total. The largest absolute Gasteiger partial charge is 0.467 e. The molecule has 0 aliphatic heterocycles. The van der Waals surface area contributed by atoms with E-state index in [4.69, 9.17) is 10.5 Å². The Labute approximate surface area is 174 Å². The lowest BCUT2D eigenvalue weighted by Crippen LogP contribution is -2.42. The highest BCUT2D eigenvalue weighted by atomic mass is 32.1. The quantitative estimate of drug-likeness (QED) is 0.438. The van der Waals surface area contributed by atoms with Crippen molar-refractivity contribution >= 4 is 39.9 Å². The molecule has 0 saturated carbocycles. The lowest BCUT2D eigenvalue weighted by molar-refractivity contribution is -0.148. The summed E-state index contributed by atoms with van der Waals surface area (Å²) in [5, 5.41) is 12.0. The predicted molar refractivity (Wildman–Crippen MR) is 111 cm³/mol. The van der Waals surface area contributed by atoms with Crippen molar-refractivity contribution in [1.82, 2.24) is 34.3 Å². The molecule has 0 aliphatic rings. The third-order valence-corrected chi connectivity index (χ3v) is 5.76. The van der Waals surface area contributed by atoms with Crippen molar-refractivity contribution in [2.45, 2.75) is 12.5 Å². The average Bonchev–Trinajstić information content (AvgIpc) is 3.51. The number of hydrogen-bond acceptors (Lipinski definition) is 9. The molecule has 150 valence electrons. The molecule has 0 bridgehead atoms. The number of carbonyl (C=O) groups excluding carboxylic acids is 1. The Hall–Kier alpha value is -3.86. The van der Waals surface area contributed by atoms with Crippen LogP contribution in [0, 0.1) is 0 Å². The number of thiazole rings is 1. The monoisotopic (exact) mass is 420 g/mol. The molecule has 1 aromatic carbocycles. The van der Waals surface area contributed by atoms with E-state index in [0.717, 1.165) is 0 Å². The zero-order valence-electron chi connectivity index (χ0n) is 16.1. The van der Waals surface area contributed by atoms with Gasteiger partial charge in [0.1, 0.15) is 0 Å². The van der Waals surface area contributed by atoms with Crippen LogP contribution in [0.3, 0.4) is 0 Å².